The topological polar surface area (TPSA) is 82.2 Å². The molecule has 144 valence electrons. The molecule has 3 N–H and O–H groups in total. The fourth-order valence-corrected chi connectivity index (χ4v) is 4.44. The van der Waals surface area contributed by atoms with Gasteiger partial charge >= 0.3 is 5.97 Å². The zero-order valence-electron chi connectivity index (χ0n) is 15.5. The van der Waals surface area contributed by atoms with E-state index in [1.807, 2.05) is 19.1 Å². The van der Waals surface area contributed by atoms with Crippen LogP contribution in [-0.4, -0.2) is 16.1 Å². The third kappa shape index (κ3) is 3.06. The molecule has 1 atom stereocenters. The van der Waals surface area contributed by atoms with E-state index in [2.05, 4.69) is 22.4 Å². The number of carboxylic acids is 1. The van der Waals surface area contributed by atoms with Crippen molar-refractivity contribution in [1.29, 1.82) is 0 Å². The molecule has 1 unspecified atom stereocenters. The molecule has 0 amide bonds. The lowest BCUT2D eigenvalue weighted by Crippen LogP contribution is -2.19. The minimum atomic E-state index is -1.24. The predicted octanol–water partition coefficient (Wildman–Crippen LogP) is 4.93. The smallest absolute Gasteiger partial charge is 0.341 e. The summed E-state index contributed by atoms with van der Waals surface area (Å²) in [6.07, 6.45) is 4.96. The van der Waals surface area contributed by atoms with E-state index < -0.39 is 11.4 Å². The van der Waals surface area contributed by atoms with Crippen LogP contribution in [-0.2, 0) is 12.8 Å². The Morgan fingerprint density at radius 3 is 2.89 bits per heavy atom. The van der Waals surface area contributed by atoms with Gasteiger partial charge in [0.2, 0.25) is 5.43 Å². The Kier molecular flexibility index (Phi) is 4.85. The number of hydrogen-bond acceptors (Lipinski definition) is 3. The Hall–Kier alpha value is -2.79. The van der Waals surface area contributed by atoms with Gasteiger partial charge in [0.05, 0.1) is 22.3 Å². The quantitative estimate of drug-likeness (QED) is 0.583. The molecule has 0 saturated heterocycles. The van der Waals surface area contributed by atoms with Crippen LogP contribution in [0, 0.1) is 0 Å². The van der Waals surface area contributed by atoms with Gasteiger partial charge < -0.3 is 15.4 Å². The zero-order chi connectivity index (χ0) is 19.8. The van der Waals surface area contributed by atoms with Crippen molar-refractivity contribution in [2.75, 3.05) is 5.32 Å². The van der Waals surface area contributed by atoms with E-state index in [-0.39, 0.29) is 11.6 Å². The molecule has 1 aromatic heterocycles. The Bertz CT molecular complexity index is 1140. The van der Waals surface area contributed by atoms with E-state index in [0.29, 0.717) is 28.0 Å². The first kappa shape index (κ1) is 18.6. The van der Waals surface area contributed by atoms with Gasteiger partial charge in [0.15, 0.2) is 0 Å². The lowest BCUT2D eigenvalue weighted by Gasteiger charge is -2.28. The highest BCUT2D eigenvalue weighted by atomic mass is 35.5. The van der Waals surface area contributed by atoms with Crippen LogP contribution in [0.2, 0.25) is 5.02 Å². The van der Waals surface area contributed by atoms with Crippen LogP contribution in [0.15, 0.2) is 41.3 Å². The maximum atomic E-state index is 12.7. The Labute approximate surface area is 167 Å². The summed E-state index contributed by atoms with van der Waals surface area (Å²) in [6, 6.07) is 10.1. The molecule has 5 nitrogen and oxygen atoms in total. The van der Waals surface area contributed by atoms with E-state index in [9.17, 15) is 14.7 Å². The highest BCUT2D eigenvalue weighted by Crippen LogP contribution is 2.37. The summed E-state index contributed by atoms with van der Waals surface area (Å²) in [4.78, 5) is 27.0. The lowest BCUT2D eigenvalue weighted by atomic mass is 9.87. The summed E-state index contributed by atoms with van der Waals surface area (Å²) in [6.45, 7) is 1.96. The van der Waals surface area contributed by atoms with Crippen molar-refractivity contribution in [3.8, 4) is 0 Å². The van der Waals surface area contributed by atoms with Gasteiger partial charge in [-0.3, -0.25) is 4.79 Å². The first-order chi connectivity index (χ1) is 13.5. The van der Waals surface area contributed by atoms with E-state index in [1.54, 1.807) is 6.07 Å². The van der Waals surface area contributed by atoms with E-state index in [4.69, 9.17) is 11.6 Å². The van der Waals surface area contributed by atoms with Gasteiger partial charge in [0.25, 0.3) is 0 Å². The molecule has 1 aliphatic carbocycles. The second kappa shape index (κ2) is 7.32. The van der Waals surface area contributed by atoms with Crippen molar-refractivity contribution in [2.45, 2.75) is 38.6 Å². The van der Waals surface area contributed by atoms with Gasteiger partial charge in [0, 0.05) is 11.6 Å². The summed E-state index contributed by atoms with van der Waals surface area (Å²) in [7, 11) is 0. The average Bonchev–Trinajstić information content (AvgIpc) is 2.69. The third-order valence-corrected chi connectivity index (χ3v) is 5.93. The van der Waals surface area contributed by atoms with Crippen LogP contribution < -0.4 is 10.7 Å². The number of nitrogens with one attached hydrogen (secondary N) is 2. The number of benzene rings is 2. The molecule has 0 aliphatic heterocycles. The summed E-state index contributed by atoms with van der Waals surface area (Å²) < 4.78 is 0. The number of hydrogen-bond donors (Lipinski definition) is 3. The molecule has 0 spiro atoms. The largest absolute Gasteiger partial charge is 0.477 e. The van der Waals surface area contributed by atoms with Gasteiger partial charge in [-0.25, -0.2) is 4.79 Å². The van der Waals surface area contributed by atoms with Gasteiger partial charge in [-0.15, -0.1) is 0 Å². The first-order valence-corrected chi connectivity index (χ1v) is 9.83. The summed E-state index contributed by atoms with van der Waals surface area (Å²) in [5.74, 6) is -1.24. The second-order valence-corrected chi connectivity index (χ2v) is 7.50. The first-order valence-electron chi connectivity index (χ1n) is 9.45. The SMILES string of the molecule is CCc1c(Cl)c(NC2CCCc3ccccc32)cc2c(=O)c(C(=O)O)c[nH]c12. The number of rotatable bonds is 4. The molecule has 3 aromatic rings. The standard InChI is InChI=1S/C22H21ClN2O3/c1-2-13-19(23)18(10-15-20(13)24-11-16(21(15)26)22(27)28)25-17-9-5-7-12-6-3-4-8-14(12)17/h3-4,6,8,10-11,17,25H,2,5,7,9H2,1H3,(H,24,26)(H,27,28). The number of aromatic nitrogens is 1. The Balaban J connectivity index is 1.86. The van der Waals surface area contributed by atoms with Crippen LogP contribution in [0.1, 0.15) is 52.9 Å². The minimum absolute atomic E-state index is 0.103. The van der Waals surface area contributed by atoms with Crippen LogP contribution in [0.25, 0.3) is 10.9 Å². The monoisotopic (exact) mass is 396 g/mol. The van der Waals surface area contributed by atoms with Gasteiger partial charge in [-0.05, 0) is 48.4 Å². The number of fused-ring (bicyclic) bond motifs is 2. The summed E-state index contributed by atoms with van der Waals surface area (Å²) in [5, 5.41) is 13.7. The van der Waals surface area contributed by atoms with Crippen LogP contribution in [0.5, 0.6) is 0 Å². The molecule has 1 heterocycles. The molecule has 0 radical (unpaired) electrons. The number of anilines is 1. The van der Waals surface area contributed by atoms with Crippen molar-refractivity contribution in [1.82, 2.24) is 4.98 Å². The third-order valence-electron chi connectivity index (χ3n) is 5.49. The highest BCUT2D eigenvalue weighted by molar-refractivity contribution is 6.35. The number of carbonyl (C=O) groups is 1. The Morgan fingerprint density at radius 1 is 1.36 bits per heavy atom. The fraction of sp³-hybridized carbons (Fsp3) is 0.273. The molecule has 0 bridgehead atoms. The molecular formula is C22H21ClN2O3. The van der Waals surface area contributed by atoms with Crippen LogP contribution in [0.3, 0.4) is 0 Å². The van der Waals surface area contributed by atoms with Crippen molar-refractivity contribution < 1.29 is 9.90 Å². The Morgan fingerprint density at radius 2 is 2.14 bits per heavy atom. The van der Waals surface area contributed by atoms with Crippen LogP contribution in [0.4, 0.5) is 5.69 Å². The maximum Gasteiger partial charge on any atom is 0.341 e. The normalized spacial score (nSPS) is 16.0. The summed E-state index contributed by atoms with van der Waals surface area (Å²) in [5.41, 5.74) is 3.87. The van der Waals surface area contributed by atoms with E-state index in [1.165, 1.54) is 17.3 Å². The van der Waals surface area contributed by atoms with E-state index in [0.717, 1.165) is 24.8 Å². The molecule has 6 heteroatoms. The number of carboxylic acid groups (broad SMARTS) is 1. The summed E-state index contributed by atoms with van der Waals surface area (Å²) >= 11 is 6.69. The number of pyridine rings is 1. The molecular weight excluding hydrogens is 376 g/mol. The predicted molar refractivity (Wildman–Crippen MR) is 112 cm³/mol. The van der Waals surface area contributed by atoms with E-state index >= 15 is 0 Å². The number of aromatic carboxylic acids is 1. The fourth-order valence-electron chi connectivity index (χ4n) is 4.10. The molecule has 28 heavy (non-hydrogen) atoms. The second-order valence-electron chi connectivity index (χ2n) is 7.12. The van der Waals surface area contributed by atoms with Gasteiger partial charge in [-0.1, -0.05) is 42.8 Å². The van der Waals surface area contributed by atoms with Crippen molar-refractivity contribution in [3.63, 3.8) is 0 Å². The molecule has 0 saturated carbocycles. The number of aromatic amines is 1. The van der Waals surface area contributed by atoms with Crippen molar-refractivity contribution >= 4 is 34.2 Å². The van der Waals surface area contributed by atoms with Gasteiger partial charge in [-0.2, -0.15) is 0 Å². The van der Waals surface area contributed by atoms with Crippen molar-refractivity contribution in [2.24, 2.45) is 0 Å². The zero-order valence-corrected chi connectivity index (χ0v) is 16.3. The molecule has 2 aromatic carbocycles. The molecule has 4 rings (SSSR count). The highest BCUT2D eigenvalue weighted by Gasteiger charge is 2.22. The van der Waals surface area contributed by atoms with Crippen LogP contribution >= 0.6 is 11.6 Å². The number of halogens is 1. The number of aryl methyl sites for hydroxylation is 2. The average molecular weight is 397 g/mol. The lowest BCUT2D eigenvalue weighted by molar-refractivity contribution is 0.0695. The number of H-pyrrole nitrogens is 1. The minimum Gasteiger partial charge on any atom is -0.477 e. The van der Waals surface area contributed by atoms with Crippen molar-refractivity contribution in [3.05, 3.63) is 74.0 Å². The maximum absolute atomic E-state index is 12.7. The molecule has 1 aliphatic rings. The molecule has 0 fully saturated rings. The van der Waals surface area contributed by atoms with Gasteiger partial charge in [0.1, 0.15) is 5.56 Å².